The summed E-state index contributed by atoms with van der Waals surface area (Å²) >= 11 is 0. The third-order valence-electron chi connectivity index (χ3n) is 3.16. The van der Waals surface area contributed by atoms with Gasteiger partial charge in [0.2, 0.25) is 0 Å². The first-order chi connectivity index (χ1) is 8.70. The van der Waals surface area contributed by atoms with Gasteiger partial charge in [-0.2, -0.15) is 0 Å². The van der Waals surface area contributed by atoms with Crippen molar-refractivity contribution < 1.29 is 9.84 Å². The van der Waals surface area contributed by atoms with Crippen molar-refractivity contribution >= 4 is 0 Å². The number of rotatable bonds is 5. The smallest absolute Gasteiger partial charge is 0.125 e. The van der Waals surface area contributed by atoms with Crippen LogP contribution in [0.5, 0.6) is 5.75 Å². The normalized spacial score (nSPS) is 13.4. The van der Waals surface area contributed by atoms with E-state index in [-0.39, 0.29) is 5.54 Å². The van der Waals surface area contributed by atoms with Crippen molar-refractivity contribution in [2.24, 2.45) is 0 Å². The van der Waals surface area contributed by atoms with E-state index in [2.05, 4.69) is 52.1 Å². The molecule has 0 aliphatic rings. The van der Waals surface area contributed by atoms with Crippen LogP contribution in [0.15, 0.2) is 12.1 Å². The molecule has 1 rings (SSSR count). The van der Waals surface area contributed by atoms with E-state index < -0.39 is 6.10 Å². The quantitative estimate of drug-likeness (QED) is 0.860. The predicted molar refractivity (Wildman–Crippen MR) is 79.9 cm³/mol. The summed E-state index contributed by atoms with van der Waals surface area (Å²) in [6, 6.07) is 4.15. The average Bonchev–Trinajstić information content (AvgIpc) is 2.30. The SMILES string of the molecule is Cc1ccc(C)c(OCC(O)CNC(C)(C)C)c1C. The Morgan fingerprint density at radius 2 is 1.74 bits per heavy atom. The van der Waals surface area contributed by atoms with Gasteiger partial charge in [-0.25, -0.2) is 0 Å². The second-order valence-electron chi connectivity index (χ2n) is 6.25. The summed E-state index contributed by atoms with van der Waals surface area (Å²) in [5.41, 5.74) is 3.48. The van der Waals surface area contributed by atoms with Gasteiger partial charge in [0, 0.05) is 12.1 Å². The van der Waals surface area contributed by atoms with Crippen LogP contribution in [-0.2, 0) is 0 Å². The van der Waals surface area contributed by atoms with Gasteiger partial charge in [-0.1, -0.05) is 12.1 Å². The summed E-state index contributed by atoms with van der Waals surface area (Å²) in [5, 5.41) is 13.2. The lowest BCUT2D eigenvalue weighted by atomic mass is 10.1. The number of β-amino-alcohol motifs (C(OH)–C–C–N with tert-alkyl or cyclic N) is 1. The molecule has 0 aliphatic carbocycles. The molecule has 1 atom stereocenters. The molecule has 0 radical (unpaired) electrons. The first-order valence-corrected chi connectivity index (χ1v) is 6.83. The molecule has 108 valence electrons. The molecule has 1 aromatic carbocycles. The highest BCUT2D eigenvalue weighted by molar-refractivity contribution is 5.44. The van der Waals surface area contributed by atoms with Gasteiger partial charge in [0.15, 0.2) is 0 Å². The maximum absolute atomic E-state index is 9.94. The van der Waals surface area contributed by atoms with Gasteiger partial charge in [0.1, 0.15) is 18.5 Å². The van der Waals surface area contributed by atoms with Crippen LogP contribution in [0.25, 0.3) is 0 Å². The third-order valence-corrected chi connectivity index (χ3v) is 3.16. The van der Waals surface area contributed by atoms with Crippen LogP contribution >= 0.6 is 0 Å². The molecule has 0 spiro atoms. The predicted octanol–water partition coefficient (Wildman–Crippen LogP) is 2.74. The van der Waals surface area contributed by atoms with Gasteiger partial charge < -0.3 is 15.2 Å². The van der Waals surface area contributed by atoms with Gasteiger partial charge >= 0.3 is 0 Å². The van der Waals surface area contributed by atoms with Gasteiger partial charge in [-0.15, -0.1) is 0 Å². The summed E-state index contributed by atoms with van der Waals surface area (Å²) in [6.45, 7) is 13.2. The van der Waals surface area contributed by atoms with Crippen LogP contribution in [0.2, 0.25) is 0 Å². The number of nitrogens with one attached hydrogen (secondary N) is 1. The van der Waals surface area contributed by atoms with Crippen molar-refractivity contribution in [3.63, 3.8) is 0 Å². The van der Waals surface area contributed by atoms with E-state index in [1.807, 2.05) is 6.92 Å². The Hall–Kier alpha value is -1.06. The van der Waals surface area contributed by atoms with Crippen molar-refractivity contribution in [3.8, 4) is 5.75 Å². The first-order valence-electron chi connectivity index (χ1n) is 6.83. The van der Waals surface area contributed by atoms with Gasteiger partial charge in [0.05, 0.1) is 0 Å². The molecular weight excluding hydrogens is 238 g/mol. The summed E-state index contributed by atoms with van der Waals surface area (Å²) in [7, 11) is 0. The second-order valence-corrected chi connectivity index (χ2v) is 6.25. The molecule has 0 heterocycles. The van der Waals surface area contributed by atoms with Crippen LogP contribution in [0.1, 0.15) is 37.5 Å². The number of aliphatic hydroxyl groups is 1. The standard InChI is InChI=1S/C16H27NO2/c1-11-7-8-12(2)15(13(11)3)19-10-14(18)9-17-16(4,5)6/h7-8,14,17-18H,9-10H2,1-6H3. The summed E-state index contributed by atoms with van der Waals surface area (Å²) in [6.07, 6.45) is -0.501. The molecule has 3 nitrogen and oxygen atoms in total. The molecule has 3 heteroatoms. The Labute approximate surface area is 117 Å². The number of hydrogen-bond donors (Lipinski definition) is 2. The fourth-order valence-corrected chi connectivity index (χ4v) is 1.81. The van der Waals surface area contributed by atoms with Crippen LogP contribution in [-0.4, -0.2) is 29.9 Å². The Morgan fingerprint density at radius 1 is 1.16 bits per heavy atom. The average molecular weight is 265 g/mol. The van der Waals surface area contributed by atoms with E-state index in [9.17, 15) is 5.11 Å². The maximum atomic E-state index is 9.94. The Kier molecular flexibility index (Phi) is 5.39. The maximum Gasteiger partial charge on any atom is 0.125 e. The Bertz CT molecular complexity index is 421. The minimum atomic E-state index is -0.501. The molecule has 19 heavy (non-hydrogen) atoms. The minimum absolute atomic E-state index is 0.0101. The number of benzene rings is 1. The largest absolute Gasteiger partial charge is 0.490 e. The molecule has 0 amide bonds. The van der Waals surface area contributed by atoms with Crippen molar-refractivity contribution in [2.75, 3.05) is 13.2 Å². The van der Waals surface area contributed by atoms with Crippen LogP contribution in [0.4, 0.5) is 0 Å². The van der Waals surface area contributed by atoms with Gasteiger partial charge in [0.25, 0.3) is 0 Å². The highest BCUT2D eigenvalue weighted by Gasteiger charge is 2.14. The Balaban J connectivity index is 2.55. The number of hydrogen-bond acceptors (Lipinski definition) is 3. The third kappa shape index (κ3) is 5.21. The summed E-state index contributed by atoms with van der Waals surface area (Å²) in [5.74, 6) is 0.898. The van der Waals surface area contributed by atoms with Crippen LogP contribution in [0, 0.1) is 20.8 Å². The van der Waals surface area contributed by atoms with Crippen molar-refractivity contribution in [1.29, 1.82) is 0 Å². The molecule has 0 aliphatic heterocycles. The fraction of sp³-hybridized carbons (Fsp3) is 0.625. The van der Waals surface area contributed by atoms with Crippen molar-refractivity contribution in [3.05, 3.63) is 28.8 Å². The molecule has 0 bridgehead atoms. The molecule has 0 fully saturated rings. The number of aryl methyl sites for hydroxylation is 2. The number of aliphatic hydroxyl groups excluding tert-OH is 1. The highest BCUT2D eigenvalue weighted by atomic mass is 16.5. The van der Waals surface area contributed by atoms with Crippen LogP contribution in [0.3, 0.4) is 0 Å². The van der Waals surface area contributed by atoms with E-state index in [4.69, 9.17) is 4.74 Å². The van der Waals surface area contributed by atoms with E-state index in [0.29, 0.717) is 13.2 Å². The van der Waals surface area contributed by atoms with Gasteiger partial charge in [-0.3, -0.25) is 0 Å². The fourth-order valence-electron chi connectivity index (χ4n) is 1.81. The van der Waals surface area contributed by atoms with Crippen molar-refractivity contribution in [1.82, 2.24) is 5.32 Å². The molecule has 1 aromatic rings. The lowest BCUT2D eigenvalue weighted by Crippen LogP contribution is -2.42. The number of ether oxygens (including phenoxy) is 1. The van der Waals surface area contributed by atoms with E-state index in [1.165, 1.54) is 5.56 Å². The van der Waals surface area contributed by atoms with E-state index in [0.717, 1.165) is 16.9 Å². The zero-order valence-electron chi connectivity index (χ0n) is 13.0. The van der Waals surface area contributed by atoms with E-state index in [1.54, 1.807) is 0 Å². The lowest BCUT2D eigenvalue weighted by molar-refractivity contribution is 0.0993. The molecule has 1 unspecified atom stereocenters. The topological polar surface area (TPSA) is 41.5 Å². The van der Waals surface area contributed by atoms with Gasteiger partial charge in [-0.05, 0) is 58.2 Å². The summed E-state index contributed by atoms with van der Waals surface area (Å²) in [4.78, 5) is 0. The van der Waals surface area contributed by atoms with E-state index >= 15 is 0 Å². The Morgan fingerprint density at radius 3 is 2.32 bits per heavy atom. The molecule has 2 N–H and O–H groups in total. The lowest BCUT2D eigenvalue weighted by Gasteiger charge is -2.23. The van der Waals surface area contributed by atoms with Crippen molar-refractivity contribution in [2.45, 2.75) is 53.2 Å². The monoisotopic (exact) mass is 265 g/mol. The van der Waals surface area contributed by atoms with Crippen LogP contribution < -0.4 is 10.1 Å². The molecule has 0 saturated carbocycles. The minimum Gasteiger partial charge on any atom is -0.490 e. The highest BCUT2D eigenvalue weighted by Crippen LogP contribution is 2.25. The second kappa shape index (κ2) is 6.40. The first kappa shape index (κ1) is 16.0. The molecular formula is C16H27NO2. The molecule has 0 saturated heterocycles. The summed E-state index contributed by atoms with van der Waals surface area (Å²) < 4.78 is 5.79. The molecule has 0 aromatic heterocycles. The zero-order valence-corrected chi connectivity index (χ0v) is 13.0. The zero-order chi connectivity index (χ0) is 14.6.